The van der Waals surface area contributed by atoms with Crippen molar-refractivity contribution in [1.82, 2.24) is 9.80 Å². The van der Waals surface area contributed by atoms with Gasteiger partial charge in [-0.2, -0.15) is 0 Å². The third kappa shape index (κ3) is 4.41. The van der Waals surface area contributed by atoms with Gasteiger partial charge in [-0.3, -0.25) is 4.79 Å². The second kappa shape index (κ2) is 7.88. The second-order valence-electron chi connectivity index (χ2n) is 6.55. The van der Waals surface area contributed by atoms with Crippen molar-refractivity contribution in [2.24, 2.45) is 5.92 Å². The SMILES string of the molecule is O=C(CCl)N1CC[C@@H](CN(C(=O)OCc2ccccc2)C2CC2)C1. The van der Waals surface area contributed by atoms with Crippen LogP contribution in [-0.2, 0) is 16.1 Å². The fourth-order valence-electron chi connectivity index (χ4n) is 3.13. The molecule has 5 nitrogen and oxygen atoms in total. The molecule has 0 unspecified atom stereocenters. The number of halogens is 1. The molecule has 0 bridgehead atoms. The maximum Gasteiger partial charge on any atom is 0.410 e. The molecule has 24 heavy (non-hydrogen) atoms. The highest BCUT2D eigenvalue weighted by Gasteiger charge is 2.37. The predicted octanol–water partition coefficient (Wildman–Crippen LogP) is 2.87. The minimum atomic E-state index is -0.247. The Morgan fingerprint density at radius 2 is 1.96 bits per heavy atom. The maximum absolute atomic E-state index is 12.5. The van der Waals surface area contributed by atoms with Crippen LogP contribution in [-0.4, -0.2) is 53.4 Å². The van der Waals surface area contributed by atoms with Gasteiger partial charge in [-0.1, -0.05) is 30.3 Å². The van der Waals surface area contributed by atoms with Gasteiger partial charge >= 0.3 is 6.09 Å². The number of likely N-dealkylation sites (tertiary alicyclic amines) is 1. The molecule has 1 saturated carbocycles. The molecule has 3 rings (SSSR count). The molecule has 0 N–H and O–H groups in total. The van der Waals surface area contributed by atoms with E-state index >= 15 is 0 Å². The van der Waals surface area contributed by atoms with Crippen molar-refractivity contribution in [3.05, 3.63) is 35.9 Å². The lowest BCUT2D eigenvalue weighted by Crippen LogP contribution is -2.39. The van der Waals surface area contributed by atoms with E-state index in [0.29, 0.717) is 31.7 Å². The predicted molar refractivity (Wildman–Crippen MR) is 91.8 cm³/mol. The van der Waals surface area contributed by atoms with Crippen LogP contribution in [0, 0.1) is 5.92 Å². The normalized spacial score (nSPS) is 20.0. The molecule has 0 spiro atoms. The molecule has 1 saturated heterocycles. The summed E-state index contributed by atoms with van der Waals surface area (Å²) in [6.07, 6.45) is 2.75. The Morgan fingerprint density at radius 1 is 1.21 bits per heavy atom. The number of nitrogens with zero attached hydrogens (tertiary/aromatic N) is 2. The van der Waals surface area contributed by atoms with Gasteiger partial charge in [-0.15, -0.1) is 11.6 Å². The van der Waals surface area contributed by atoms with Gasteiger partial charge in [0.15, 0.2) is 0 Å². The first-order valence-electron chi connectivity index (χ1n) is 8.48. The average molecular weight is 351 g/mol. The minimum Gasteiger partial charge on any atom is -0.445 e. The number of ether oxygens (including phenoxy) is 1. The zero-order chi connectivity index (χ0) is 16.9. The van der Waals surface area contributed by atoms with Crippen molar-refractivity contribution in [3.63, 3.8) is 0 Å². The van der Waals surface area contributed by atoms with Gasteiger partial charge in [0.25, 0.3) is 0 Å². The lowest BCUT2D eigenvalue weighted by molar-refractivity contribution is -0.127. The Morgan fingerprint density at radius 3 is 2.62 bits per heavy atom. The highest BCUT2D eigenvalue weighted by molar-refractivity contribution is 6.27. The second-order valence-corrected chi connectivity index (χ2v) is 6.82. The topological polar surface area (TPSA) is 49.9 Å². The van der Waals surface area contributed by atoms with Crippen molar-refractivity contribution >= 4 is 23.6 Å². The number of hydrogen-bond donors (Lipinski definition) is 0. The number of rotatable bonds is 6. The fourth-order valence-corrected chi connectivity index (χ4v) is 3.30. The van der Waals surface area contributed by atoms with Gasteiger partial charge in [-0.25, -0.2) is 4.79 Å². The standard InChI is InChI=1S/C18H23ClN2O3/c19-10-17(22)20-9-8-15(11-20)12-21(16-6-7-16)18(23)24-13-14-4-2-1-3-5-14/h1-5,15-16H,6-13H2/t15-/m1/s1. The molecule has 2 aliphatic rings. The zero-order valence-corrected chi connectivity index (χ0v) is 14.5. The van der Waals surface area contributed by atoms with Gasteiger partial charge < -0.3 is 14.5 Å². The summed E-state index contributed by atoms with van der Waals surface area (Å²) in [5.74, 6) is 0.309. The first-order valence-corrected chi connectivity index (χ1v) is 9.02. The molecule has 130 valence electrons. The van der Waals surface area contributed by atoms with E-state index < -0.39 is 0 Å². The third-order valence-corrected chi connectivity index (χ3v) is 4.86. The molecule has 1 aromatic rings. The van der Waals surface area contributed by atoms with Crippen molar-refractivity contribution in [1.29, 1.82) is 0 Å². The summed E-state index contributed by atoms with van der Waals surface area (Å²) >= 11 is 5.62. The lowest BCUT2D eigenvalue weighted by Gasteiger charge is -2.25. The van der Waals surface area contributed by atoms with Crippen LogP contribution in [0.4, 0.5) is 4.79 Å². The van der Waals surface area contributed by atoms with Gasteiger partial charge in [-0.05, 0) is 30.7 Å². The van der Waals surface area contributed by atoms with Crippen molar-refractivity contribution in [2.45, 2.75) is 31.9 Å². The summed E-state index contributed by atoms with van der Waals surface area (Å²) in [5, 5.41) is 0. The molecule has 2 fully saturated rings. The number of carbonyl (C=O) groups excluding carboxylic acids is 2. The van der Waals surface area contributed by atoms with Gasteiger partial charge in [0, 0.05) is 25.7 Å². The maximum atomic E-state index is 12.5. The summed E-state index contributed by atoms with van der Waals surface area (Å²) in [6.45, 7) is 2.36. The van der Waals surface area contributed by atoms with Gasteiger partial charge in [0.2, 0.25) is 5.91 Å². The summed E-state index contributed by atoms with van der Waals surface area (Å²) in [4.78, 5) is 27.8. The van der Waals surface area contributed by atoms with Crippen molar-refractivity contribution < 1.29 is 14.3 Å². The minimum absolute atomic E-state index is 0.0243. The smallest absolute Gasteiger partial charge is 0.410 e. The highest BCUT2D eigenvalue weighted by atomic mass is 35.5. The molecule has 6 heteroatoms. The molecule has 1 heterocycles. The molecule has 1 atom stereocenters. The molecule has 0 radical (unpaired) electrons. The van der Waals surface area contributed by atoms with Crippen LogP contribution in [0.2, 0.25) is 0 Å². The Kier molecular flexibility index (Phi) is 5.61. The van der Waals surface area contributed by atoms with Crippen LogP contribution < -0.4 is 0 Å². The molecule has 1 aliphatic heterocycles. The number of amides is 2. The van der Waals surface area contributed by atoms with Crippen LogP contribution in [0.15, 0.2) is 30.3 Å². The molecule has 1 aliphatic carbocycles. The van der Waals surface area contributed by atoms with Crippen LogP contribution in [0.5, 0.6) is 0 Å². The van der Waals surface area contributed by atoms with E-state index in [9.17, 15) is 9.59 Å². The van der Waals surface area contributed by atoms with E-state index in [0.717, 1.165) is 31.4 Å². The lowest BCUT2D eigenvalue weighted by atomic mass is 10.1. The largest absolute Gasteiger partial charge is 0.445 e. The Balaban J connectivity index is 1.51. The van der Waals surface area contributed by atoms with E-state index in [4.69, 9.17) is 16.3 Å². The van der Waals surface area contributed by atoms with Gasteiger partial charge in [0.05, 0.1) is 0 Å². The quantitative estimate of drug-likeness (QED) is 0.741. The van der Waals surface area contributed by atoms with Crippen molar-refractivity contribution in [2.75, 3.05) is 25.5 Å². The summed E-state index contributed by atoms with van der Waals surface area (Å²) in [5.41, 5.74) is 0.987. The third-order valence-electron chi connectivity index (χ3n) is 4.64. The fraction of sp³-hybridized carbons (Fsp3) is 0.556. The zero-order valence-electron chi connectivity index (χ0n) is 13.7. The van der Waals surface area contributed by atoms with E-state index in [1.807, 2.05) is 35.2 Å². The Hall–Kier alpha value is -1.75. The highest BCUT2D eigenvalue weighted by Crippen LogP contribution is 2.30. The van der Waals surface area contributed by atoms with Crippen molar-refractivity contribution in [3.8, 4) is 0 Å². The van der Waals surface area contributed by atoms with E-state index in [1.54, 1.807) is 4.90 Å². The van der Waals surface area contributed by atoms with Crippen LogP contribution >= 0.6 is 11.6 Å². The Bertz CT molecular complexity index is 577. The van der Waals surface area contributed by atoms with E-state index in [1.165, 1.54) is 0 Å². The molecular weight excluding hydrogens is 328 g/mol. The van der Waals surface area contributed by atoms with Gasteiger partial charge in [0.1, 0.15) is 12.5 Å². The molecule has 0 aromatic heterocycles. The number of benzene rings is 1. The first-order chi connectivity index (χ1) is 11.7. The number of carbonyl (C=O) groups is 2. The summed E-state index contributed by atoms with van der Waals surface area (Å²) < 4.78 is 5.48. The summed E-state index contributed by atoms with van der Waals surface area (Å²) in [6, 6.07) is 10.00. The van der Waals surface area contributed by atoms with Crippen LogP contribution in [0.1, 0.15) is 24.8 Å². The first kappa shape index (κ1) is 17.1. The van der Waals surface area contributed by atoms with Crippen LogP contribution in [0.25, 0.3) is 0 Å². The Labute approximate surface area is 147 Å². The number of hydrogen-bond acceptors (Lipinski definition) is 3. The average Bonchev–Trinajstić information content (AvgIpc) is 3.35. The molecular formula is C18H23ClN2O3. The summed E-state index contributed by atoms with van der Waals surface area (Å²) in [7, 11) is 0. The monoisotopic (exact) mass is 350 g/mol. The van der Waals surface area contributed by atoms with Crippen LogP contribution in [0.3, 0.4) is 0 Å². The van der Waals surface area contributed by atoms with E-state index in [2.05, 4.69) is 0 Å². The molecule has 2 amide bonds. The number of alkyl halides is 1. The molecule has 1 aromatic carbocycles. The van der Waals surface area contributed by atoms with E-state index in [-0.39, 0.29) is 17.9 Å².